The molecule has 0 saturated carbocycles. The summed E-state index contributed by atoms with van der Waals surface area (Å²) in [5, 5.41) is 85.8. The lowest BCUT2D eigenvalue weighted by atomic mass is 9.97. The highest BCUT2D eigenvalue weighted by Crippen LogP contribution is 2.30. The molecule has 2 aliphatic rings. The minimum absolute atomic E-state index is 0.232. The minimum atomic E-state index is -1.77. The summed E-state index contributed by atoms with van der Waals surface area (Å²) in [4.78, 5) is 12.7. The van der Waals surface area contributed by atoms with Gasteiger partial charge in [-0.2, -0.15) is 0 Å². The fourth-order valence-corrected chi connectivity index (χ4v) is 6.88. The van der Waals surface area contributed by atoms with E-state index >= 15 is 0 Å². The Morgan fingerprint density at radius 1 is 0.615 bits per heavy atom. The first-order valence-corrected chi connectivity index (χ1v) is 20.3. The number of nitrogens with one attached hydrogen (secondary N) is 1. The zero-order valence-corrected chi connectivity index (χ0v) is 31.8. The lowest BCUT2D eigenvalue weighted by Gasteiger charge is -2.46. The van der Waals surface area contributed by atoms with Crippen LogP contribution in [0.25, 0.3) is 0 Å². The molecule has 12 unspecified atom stereocenters. The number of ether oxygens (including phenoxy) is 4. The number of unbranched alkanes of at least 4 members (excludes halogenated alkanes) is 16. The maximum absolute atomic E-state index is 12.7. The molecular weight excluding hydrogens is 678 g/mol. The van der Waals surface area contributed by atoms with E-state index in [1.165, 1.54) is 70.6 Å². The molecule has 52 heavy (non-hydrogen) atoms. The van der Waals surface area contributed by atoms with Crippen molar-refractivity contribution in [2.45, 2.75) is 216 Å². The fraction of sp³-hybridized carbons (Fsp3) is 0.974. The van der Waals surface area contributed by atoms with Gasteiger partial charge in [-0.25, -0.2) is 0 Å². The quantitative estimate of drug-likeness (QED) is 0.0501. The molecule has 0 spiro atoms. The van der Waals surface area contributed by atoms with Gasteiger partial charge < -0.3 is 65.1 Å². The summed E-state index contributed by atoms with van der Waals surface area (Å²) in [7, 11) is 0. The standard InChI is InChI=1S/C38H73NO13/c1-3-5-7-8-9-10-11-12-13-14-15-16-17-18-20-21-27(42)26(39-30(43)22-19-6-4-2)25-49-37-35(48)33(46)36(29(24-41)51-37)52-38-34(47)32(45)31(44)28(23-40)50-38/h26-29,31-38,40-42,44-48H,3-25H2,1-2H3,(H,39,43). The number of aliphatic hydroxyl groups excluding tert-OH is 8. The van der Waals surface area contributed by atoms with Gasteiger partial charge in [0, 0.05) is 6.42 Å². The molecule has 0 aromatic rings. The monoisotopic (exact) mass is 752 g/mol. The molecule has 14 heteroatoms. The molecule has 2 saturated heterocycles. The van der Waals surface area contributed by atoms with Gasteiger partial charge in [0.1, 0.15) is 48.8 Å². The predicted molar refractivity (Wildman–Crippen MR) is 194 cm³/mol. The second-order valence-corrected chi connectivity index (χ2v) is 14.8. The number of amides is 1. The van der Waals surface area contributed by atoms with Crippen molar-refractivity contribution in [3.63, 3.8) is 0 Å². The number of hydrogen-bond donors (Lipinski definition) is 9. The fourth-order valence-electron chi connectivity index (χ4n) is 6.88. The molecule has 2 aliphatic heterocycles. The Morgan fingerprint density at radius 3 is 1.63 bits per heavy atom. The summed E-state index contributed by atoms with van der Waals surface area (Å²) in [6.45, 7) is 2.64. The molecule has 308 valence electrons. The first-order valence-electron chi connectivity index (χ1n) is 20.3. The van der Waals surface area contributed by atoms with E-state index in [0.29, 0.717) is 19.3 Å². The molecule has 2 rings (SSSR count). The SMILES string of the molecule is CCCCCCCCCCCCCCCCCC(O)C(COC1OC(CO)C(OC2OC(CO)C(O)C(O)C2O)C(O)C1O)NC(=O)CCCCC. The van der Waals surface area contributed by atoms with Gasteiger partial charge in [0.25, 0.3) is 0 Å². The molecule has 0 aliphatic carbocycles. The molecule has 2 fully saturated rings. The Kier molecular flexibility index (Phi) is 25.0. The molecule has 12 atom stereocenters. The van der Waals surface area contributed by atoms with Crippen molar-refractivity contribution in [2.24, 2.45) is 0 Å². The van der Waals surface area contributed by atoms with Crippen molar-refractivity contribution in [1.82, 2.24) is 5.32 Å². The summed E-state index contributed by atoms with van der Waals surface area (Å²) in [6, 6.07) is -0.815. The van der Waals surface area contributed by atoms with Gasteiger partial charge in [-0.3, -0.25) is 4.79 Å². The van der Waals surface area contributed by atoms with Crippen LogP contribution in [0.15, 0.2) is 0 Å². The predicted octanol–water partition coefficient (Wildman–Crippen LogP) is 2.31. The largest absolute Gasteiger partial charge is 0.394 e. The Bertz CT molecular complexity index is 899. The van der Waals surface area contributed by atoms with Gasteiger partial charge in [-0.1, -0.05) is 123 Å². The topological polar surface area (TPSA) is 228 Å². The van der Waals surface area contributed by atoms with E-state index in [-0.39, 0.29) is 12.5 Å². The number of carbonyl (C=O) groups excluding carboxylic acids is 1. The maximum atomic E-state index is 12.7. The number of hydrogen-bond acceptors (Lipinski definition) is 13. The average Bonchev–Trinajstić information content (AvgIpc) is 3.14. The van der Waals surface area contributed by atoms with Crippen LogP contribution in [0.3, 0.4) is 0 Å². The third kappa shape index (κ3) is 16.8. The van der Waals surface area contributed by atoms with Crippen LogP contribution in [-0.4, -0.2) is 140 Å². The van der Waals surface area contributed by atoms with Crippen LogP contribution in [0, 0.1) is 0 Å². The van der Waals surface area contributed by atoms with Crippen LogP contribution in [0.5, 0.6) is 0 Å². The summed E-state index contributed by atoms with van der Waals surface area (Å²) in [5.41, 5.74) is 0. The highest BCUT2D eigenvalue weighted by molar-refractivity contribution is 5.76. The molecule has 1 amide bonds. The van der Waals surface area contributed by atoms with Gasteiger partial charge in [-0.15, -0.1) is 0 Å². The molecule has 0 radical (unpaired) electrons. The van der Waals surface area contributed by atoms with Gasteiger partial charge in [0.05, 0.1) is 32.0 Å². The van der Waals surface area contributed by atoms with E-state index in [9.17, 15) is 45.6 Å². The minimum Gasteiger partial charge on any atom is -0.394 e. The lowest BCUT2D eigenvalue weighted by Crippen LogP contribution is -2.65. The lowest BCUT2D eigenvalue weighted by molar-refractivity contribution is -0.359. The van der Waals surface area contributed by atoms with Crippen molar-refractivity contribution in [3.8, 4) is 0 Å². The van der Waals surface area contributed by atoms with E-state index in [2.05, 4.69) is 12.2 Å². The van der Waals surface area contributed by atoms with Crippen LogP contribution in [0.2, 0.25) is 0 Å². The summed E-state index contributed by atoms with van der Waals surface area (Å²) < 4.78 is 22.5. The van der Waals surface area contributed by atoms with E-state index in [4.69, 9.17) is 18.9 Å². The highest BCUT2D eigenvalue weighted by Gasteiger charge is 2.50. The van der Waals surface area contributed by atoms with Crippen molar-refractivity contribution >= 4 is 5.91 Å². The van der Waals surface area contributed by atoms with Crippen LogP contribution < -0.4 is 5.32 Å². The second-order valence-electron chi connectivity index (χ2n) is 14.8. The first kappa shape index (κ1) is 47.1. The number of rotatable bonds is 29. The third-order valence-corrected chi connectivity index (χ3v) is 10.3. The number of carbonyl (C=O) groups is 1. The summed E-state index contributed by atoms with van der Waals surface area (Å²) >= 11 is 0. The van der Waals surface area contributed by atoms with Gasteiger partial charge in [-0.05, 0) is 12.8 Å². The Hall–Kier alpha value is -1.01. The molecular formula is C38H73NO13. The maximum Gasteiger partial charge on any atom is 0.220 e. The van der Waals surface area contributed by atoms with Gasteiger partial charge >= 0.3 is 0 Å². The van der Waals surface area contributed by atoms with Crippen molar-refractivity contribution in [2.75, 3.05) is 19.8 Å². The molecule has 0 bridgehead atoms. The van der Waals surface area contributed by atoms with Crippen molar-refractivity contribution in [1.29, 1.82) is 0 Å². The third-order valence-electron chi connectivity index (χ3n) is 10.3. The van der Waals surface area contributed by atoms with E-state index in [1.807, 2.05) is 6.92 Å². The average molecular weight is 752 g/mol. The summed E-state index contributed by atoms with van der Waals surface area (Å²) in [6.07, 6.45) is 5.06. The van der Waals surface area contributed by atoms with E-state index in [0.717, 1.165) is 38.5 Å². The second kappa shape index (κ2) is 27.6. The van der Waals surface area contributed by atoms with Crippen LogP contribution in [0.1, 0.15) is 142 Å². The molecule has 0 aromatic heterocycles. The molecule has 9 N–H and O–H groups in total. The van der Waals surface area contributed by atoms with Crippen LogP contribution in [0.4, 0.5) is 0 Å². The Labute approximate surface area is 311 Å². The molecule has 2 heterocycles. The normalized spacial score (nSPS) is 30.7. The molecule has 0 aromatic carbocycles. The summed E-state index contributed by atoms with van der Waals surface area (Å²) in [5.74, 6) is -0.232. The Balaban J connectivity index is 1.83. The van der Waals surface area contributed by atoms with Crippen molar-refractivity contribution < 1.29 is 64.6 Å². The van der Waals surface area contributed by atoms with Crippen LogP contribution >= 0.6 is 0 Å². The first-order chi connectivity index (χ1) is 25.1. The highest BCUT2D eigenvalue weighted by atomic mass is 16.7. The van der Waals surface area contributed by atoms with Crippen LogP contribution in [-0.2, 0) is 23.7 Å². The zero-order valence-electron chi connectivity index (χ0n) is 31.8. The smallest absolute Gasteiger partial charge is 0.220 e. The van der Waals surface area contributed by atoms with Gasteiger partial charge in [0.15, 0.2) is 12.6 Å². The van der Waals surface area contributed by atoms with Gasteiger partial charge in [0.2, 0.25) is 5.91 Å². The zero-order chi connectivity index (χ0) is 38.3. The number of aliphatic hydroxyl groups is 8. The van der Waals surface area contributed by atoms with E-state index in [1.54, 1.807) is 0 Å². The van der Waals surface area contributed by atoms with Crippen molar-refractivity contribution in [3.05, 3.63) is 0 Å². The molecule has 14 nitrogen and oxygen atoms in total. The Morgan fingerprint density at radius 2 is 1.10 bits per heavy atom. The van der Waals surface area contributed by atoms with E-state index < -0.39 is 86.8 Å².